The van der Waals surface area contributed by atoms with Gasteiger partial charge in [0.25, 0.3) is 5.69 Å². The molecule has 4 nitrogen and oxygen atoms in total. The zero-order valence-corrected chi connectivity index (χ0v) is 12.0. The van der Waals surface area contributed by atoms with Gasteiger partial charge in [-0.2, -0.15) is 0 Å². The average molecular weight is 303 g/mol. The van der Waals surface area contributed by atoms with Crippen LogP contribution in [0.5, 0.6) is 0 Å². The fourth-order valence-electron chi connectivity index (χ4n) is 2.45. The molecule has 0 heterocycles. The van der Waals surface area contributed by atoms with E-state index >= 15 is 0 Å². The number of benzene rings is 1. The van der Waals surface area contributed by atoms with Crippen LogP contribution in [0.15, 0.2) is 12.1 Å². The van der Waals surface area contributed by atoms with Crippen molar-refractivity contribution in [3.8, 4) is 0 Å². The molecule has 0 aromatic heterocycles. The van der Waals surface area contributed by atoms with Gasteiger partial charge >= 0.3 is 0 Å². The zero-order chi connectivity index (χ0) is 13.8. The van der Waals surface area contributed by atoms with Gasteiger partial charge in [-0.05, 0) is 18.9 Å². The monoisotopic (exact) mass is 302 g/mol. The quantitative estimate of drug-likeness (QED) is 0.483. The minimum absolute atomic E-state index is 0.0151. The minimum atomic E-state index is -0.429. The third kappa shape index (κ3) is 3.74. The molecule has 104 valence electrons. The number of nitro benzene ring substituents is 1. The summed E-state index contributed by atoms with van der Waals surface area (Å²) in [7, 11) is 0. The lowest BCUT2D eigenvalue weighted by atomic mass is 10.1. The molecular formula is C13H16Cl2N2O2. The first-order chi connectivity index (χ1) is 9.08. The van der Waals surface area contributed by atoms with Crippen LogP contribution >= 0.6 is 23.2 Å². The summed E-state index contributed by atoms with van der Waals surface area (Å²) in [5.74, 6) is 0. The Bertz CT molecular complexity index is 472. The molecule has 0 unspecified atom stereocenters. The van der Waals surface area contributed by atoms with Crippen molar-refractivity contribution in [2.24, 2.45) is 0 Å². The van der Waals surface area contributed by atoms with Crippen LogP contribution in [0.3, 0.4) is 0 Å². The summed E-state index contributed by atoms with van der Waals surface area (Å²) in [6, 6.07) is 3.13. The van der Waals surface area contributed by atoms with Crippen molar-refractivity contribution in [3.05, 3.63) is 32.3 Å². The van der Waals surface area contributed by atoms with Crippen molar-refractivity contribution in [2.45, 2.75) is 44.6 Å². The maximum atomic E-state index is 11.1. The second-order valence-corrected chi connectivity index (χ2v) is 5.69. The first-order valence-corrected chi connectivity index (χ1v) is 7.23. The Balaban J connectivity index is 2.22. The number of nitro groups is 1. The second-order valence-electron chi connectivity index (χ2n) is 4.87. The van der Waals surface area contributed by atoms with Gasteiger partial charge in [-0.15, -0.1) is 0 Å². The number of anilines is 1. The fraction of sp³-hybridized carbons (Fsp3) is 0.538. The molecule has 1 saturated carbocycles. The number of nitrogens with zero attached hydrogens (tertiary/aromatic N) is 1. The van der Waals surface area contributed by atoms with Crippen LogP contribution in [-0.4, -0.2) is 11.0 Å². The number of rotatable bonds is 3. The molecule has 0 atom stereocenters. The Morgan fingerprint density at radius 2 is 1.68 bits per heavy atom. The summed E-state index contributed by atoms with van der Waals surface area (Å²) in [5.41, 5.74) is 0.449. The van der Waals surface area contributed by atoms with Crippen LogP contribution in [0.1, 0.15) is 38.5 Å². The number of hydrogen-bond donors (Lipinski definition) is 1. The average Bonchev–Trinajstić information content (AvgIpc) is 2.62. The summed E-state index contributed by atoms with van der Waals surface area (Å²) in [4.78, 5) is 10.6. The molecule has 1 fully saturated rings. The van der Waals surface area contributed by atoms with Crippen molar-refractivity contribution >= 4 is 34.6 Å². The topological polar surface area (TPSA) is 55.2 Å². The number of nitrogens with one attached hydrogen (secondary N) is 1. The summed E-state index contributed by atoms with van der Waals surface area (Å²) in [6.45, 7) is 0. The van der Waals surface area contributed by atoms with Crippen LogP contribution < -0.4 is 5.32 Å². The lowest BCUT2D eigenvalue weighted by Crippen LogP contribution is -2.19. The van der Waals surface area contributed by atoms with Gasteiger partial charge < -0.3 is 5.32 Å². The molecule has 6 heteroatoms. The highest BCUT2D eigenvalue weighted by molar-refractivity contribution is 6.42. The minimum Gasteiger partial charge on any atom is -0.377 e. The first-order valence-electron chi connectivity index (χ1n) is 6.48. The zero-order valence-electron chi connectivity index (χ0n) is 10.5. The Morgan fingerprint density at radius 3 is 2.26 bits per heavy atom. The summed E-state index contributed by atoms with van der Waals surface area (Å²) < 4.78 is 0. The van der Waals surface area contributed by atoms with E-state index in [1.54, 1.807) is 6.07 Å². The van der Waals surface area contributed by atoms with Crippen molar-refractivity contribution in [2.75, 3.05) is 5.32 Å². The molecule has 0 amide bonds. The van der Waals surface area contributed by atoms with E-state index in [1.165, 1.54) is 18.9 Å². The molecule has 0 aliphatic heterocycles. The van der Waals surface area contributed by atoms with E-state index < -0.39 is 4.92 Å². The van der Waals surface area contributed by atoms with Gasteiger partial charge in [-0.3, -0.25) is 10.1 Å². The number of hydrogen-bond acceptors (Lipinski definition) is 3. The summed E-state index contributed by atoms with van der Waals surface area (Å²) in [6.07, 6.45) is 6.87. The van der Waals surface area contributed by atoms with E-state index in [2.05, 4.69) is 5.32 Å². The third-order valence-corrected chi connectivity index (χ3v) is 4.17. The van der Waals surface area contributed by atoms with Gasteiger partial charge in [0.2, 0.25) is 0 Å². The van der Waals surface area contributed by atoms with E-state index in [4.69, 9.17) is 23.2 Å². The van der Waals surface area contributed by atoms with Crippen molar-refractivity contribution in [1.82, 2.24) is 0 Å². The van der Waals surface area contributed by atoms with E-state index in [9.17, 15) is 10.1 Å². The van der Waals surface area contributed by atoms with Crippen molar-refractivity contribution in [3.63, 3.8) is 0 Å². The molecule has 1 aromatic carbocycles. The van der Waals surface area contributed by atoms with Gasteiger partial charge in [-0.25, -0.2) is 0 Å². The Morgan fingerprint density at radius 1 is 1.11 bits per heavy atom. The van der Waals surface area contributed by atoms with Gasteiger partial charge in [0.15, 0.2) is 0 Å². The highest BCUT2D eigenvalue weighted by atomic mass is 35.5. The maximum Gasteiger partial charge on any atom is 0.293 e. The van der Waals surface area contributed by atoms with Crippen LogP contribution in [0.25, 0.3) is 0 Å². The van der Waals surface area contributed by atoms with Crippen molar-refractivity contribution < 1.29 is 4.92 Å². The van der Waals surface area contributed by atoms with Crippen molar-refractivity contribution in [1.29, 1.82) is 0 Å². The Kier molecular flexibility index (Phi) is 4.88. The van der Waals surface area contributed by atoms with E-state index in [1.807, 2.05) is 0 Å². The summed E-state index contributed by atoms with van der Waals surface area (Å²) >= 11 is 11.8. The molecule has 0 bridgehead atoms. The highest BCUT2D eigenvalue weighted by Gasteiger charge is 2.20. The van der Waals surface area contributed by atoms with Crippen LogP contribution in [0.2, 0.25) is 10.0 Å². The molecule has 0 spiro atoms. The molecule has 1 N–H and O–H groups in total. The number of halogens is 2. The Labute approximate surface area is 122 Å². The van der Waals surface area contributed by atoms with Gasteiger partial charge in [0.1, 0.15) is 5.69 Å². The SMILES string of the molecule is O=[N+]([O-])c1cc(Cl)c(Cl)cc1NC1CCCCCC1. The molecule has 1 aliphatic rings. The lowest BCUT2D eigenvalue weighted by Gasteiger charge is -2.18. The van der Waals surface area contributed by atoms with Gasteiger partial charge in [0.05, 0.1) is 15.0 Å². The second kappa shape index (κ2) is 6.44. The predicted octanol–water partition coefficient (Wildman–Crippen LogP) is 5.04. The molecule has 1 aliphatic carbocycles. The van der Waals surface area contributed by atoms with E-state index in [-0.39, 0.29) is 16.8 Å². The molecule has 19 heavy (non-hydrogen) atoms. The maximum absolute atomic E-state index is 11.1. The third-order valence-electron chi connectivity index (χ3n) is 3.45. The largest absolute Gasteiger partial charge is 0.377 e. The predicted molar refractivity (Wildman–Crippen MR) is 78.2 cm³/mol. The smallest absolute Gasteiger partial charge is 0.293 e. The summed E-state index contributed by atoms with van der Waals surface area (Å²) in [5, 5.41) is 14.9. The van der Waals surface area contributed by atoms with Crippen LogP contribution in [-0.2, 0) is 0 Å². The first kappa shape index (κ1) is 14.4. The molecule has 0 radical (unpaired) electrons. The standard InChI is InChI=1S/C13H16Cl2N2O2/c14-10-7-12(13(17(18)19)8-11(10)15)16-9-5-3-1-2-4-6-9/h7-9,16H,1-6H2. The molecule has 1 aromatic rings. The van der Waals surface area contributed by atoms with E-state index in [0.29, 0.717) is 10.7 Å². The normalized spacial score (nSPS) is 16.9. The van der Waals surface area contributed by atoms with Gasteiger partial charge in [-0.1, -0.05) is 48.9 Å². The van der Waals surface area contributed by atoms with Crippen LogP contribution in [0.4, 0.5) is 11.4 Å². The highest BCUT2D eigenvalue weighted by Crippen LogP contribution is 2.35. The van der Waals surface area contributed by atoms with E-state index in [0.717, 1.165) is 25.7 Å². The molecular weight excluding hydrogens is 287 g/mol. The van der Waals surface area contributed by atoms with Crippen LogP contribution in [0, 0.1) is 10.1 Å². The fourth-order valence-corrected chi connectivity index (χ4v) is 2.77. The molecule has 2 rings (SSSR count). The molecule has 0 saturated heterocycles. The Hall–Kier alpha value is -1.00. The van der Waals surface area contributed by atoms with Gasteiger partial charge in [0, 0.05) is 12.1 Å². The lowest BCUT2D eigenvalue weighted by molar-refractivity contribution is -0.384.